The van der Waals surface area contributed by atoms with Gasteiger partial charge in [0.25, 0.3) is 0 Å². The molecule has 2 aromatic carbocycles. The third-order valence-corrected chi connectivity index (χ3v) is 3.57. The first-order valence-corrected chi connectivity index (χ1v) is 8.54. The Morgan fingerprint density at radius 3 is 1.41 bits per heavy atom. The Labute approximate surface area is 141 Å². The van der Waals surface area contributed by atoms with Crippen molar-refractivity contribution in [3.8, 4) is 0 Å². The Morgan fingerprint density at radius 2 is 1.05 bits per heavy atom. The average molecular weight is 317 g/mol. The molecule has 0 heterocycles. The first-order chi connectivity index (χ1) is 10.4. The highest BCUT2D eigenvalue weighted by Gasteiger charge is 1.96. The van der Waals surface area contributed by atoms with Gasteiger partial charge in [0.15, 0.2) is 0 Å². The predicted octanol–water partition coefficient (Wildman–Crippen LogP) is 6.73. The van der Waals surface area contributed by atoms with Gasteiger partial charge in [-0.3, -0.25) is 0 Å². The molecule has 0 saturated heterocycles. The molecule has 0 aromatic heterocycles. The molecule has 0 N–H and O–H groups in total. The van der Waals surface area contributed by atoms with Crippen molar-refractivity contribution in [1.29, 1.82) is 0 Å². The molecule has 0 nitrogen and oxygen atoms in total. The molecule has 0 unspecified atom stereocenters. The second-order valence-electron chi connectivity index (χ2n) is 6.81. The van der Waals surface area contributed by atoms with Crippen LogP contribution in [0.3, 0.4) is 0 Å². The SMILES string of the molecule is CC(C)Cc1ccc(Cl)cc1.Cc1ccc(CC(C)C)cc1. The maximum absolute atomic E-state index is 5.75. The highest BCUT2D eigenvalue weighted by molar-refractivity contribution is 6.30. The molecule has 0 radical (unpaired) electrons. The fourth-order valence-electron chi connectivity index (χ4n) is 2.29. The van der Waals surface area contributed by atoms with Crippen LogP contribution in [0, 0.1) is 18.8 Å². The summed E-state index contributed by atoms with van der Waals surface area (Å²) in [6.07, 6.45) is 2.33. The lowest BCUT2D eigenvalue weighted by Gasteiger charge is -2.04. The molecule has 1 heteroatoms. The van der Waals surface area contributed by atoms with Crippen molar-refractivity contribution in [3.05, 3.63) is 70.2 Å². The molecular weight excluding hydrogens is 288 g/mol. The summed E-state index contributed by atoms with van der Waals surface area (Å²) >= 11 is 5.75. The van der Waals surface area contributed by atoms with E-state index in [0.29, 0.717) is 0 Å². The Morgan fingerprint density at radius 1 is 0.682 bits per heavy atom. The minimum Gasteiger partial charge on any atom is -0.0843 e. The molecule has 0 aliphatic heterocycles. The van der Waals surface area contributed by atoms with Crippen molar-refractivity contribution in [2.24, 2.45) is 11.8 Å². The summed E-state index contributed by atoms with van der Waals surface area (Å²) in [5.41, 5.74) is 4.16. The summed E-state index contributed by atoms with van der Waals surface area (Å²) in [6, 6.07) is 16.9. The van der Waals surface area contributed by atoms with E-state index in [2.05, 4.69) is 71.0 Å². The highest BCUT2D eigenvalue weighted by atomic mass is 35.5. The van der Waals surface area contributed by atoms with E-state index in [4.69, 9.17) is 11.6 Å². The maximum atomic E-state index is 5.75. The topological polar surface area (TPSA) is 0 Å². The van der Waals surface area contributed by atoms with Gasteiger partial charge in [-0.2, -0.15) is 0 Å². The summed E-state index contributed by atoms with van der Waals surface area (Å²) in [7, 11) is 0. The van der Waals surface area contributed by atoms with Crippen molar-refractivity contribution in [2.45, 2.75) is 47.5 Å². The van der Waals surface area contributed by atoms with Gasteiger partial charge in [-0.05, 0) is 54.9 Å². The molecule has 0 amide bonds. The fraction of sp³-hybridized carbons (Fsp3) is 0.429. The Bertz CT molecular complexity index is 469. The molecule has 0 aliphatic rings. The molecule has 120 valence electrons. The van der Waals surface area contributed by atoms with E-state index in [1.54, 1.807) is 0 Å². The first-order valence-electron chi connectivity index (χ1n) is 8.16. The first kappa shape index (κ1) is 18.8. The number of hydrogen-bond acceptors (Lipinski definition) is 0. The van der Waals surface area contributed by atoms with Gasteiger partial charge in [0.05, 0.1) is 0 Å². The highest BCUT2D eigenvalue weighted by Crippen LogP contribution is 2.12. The van der Waals surface area contributed by atoms with Crippen LogP contribution in [-0.4, -0.2) is 0 Å². The van der Waals surface area contributed by atoms with Crippen LogP contribution in [0.1, 0.15) is 44.4 Å². The lowest BCUT2D eigenvalue weighted by atomic mass is 10.0. The summed E-state index contributed by atoms with van der Waals surface area (Å²) < 4.78 is 0. The van der Waals surface area contributed by atoms with Gasteiger partial charge >= 0.3 is 0 Å². The number of hydrogen-bond donors (Lipinski definition) is 0. The Balaban J connectivity index is 0.000000220. The van der Waals surface area contributed by atoms with Crippen molar-refractivity contribution >= 4 is 11.6 Å². The quantitative estimate of drug-likeness (QED) is 0.586. The van der Waals surface area contributed by atoms with Gasteiger partial charge < -0.3 is 0 Å². The van der Waals surface area contributed by atoms with Crippen LogP contribution in [0.25, 0.3) is 0 Å². The lowest BCUT2D eigenvalue weighted by molar-refractivity contribution is 0.647. The molecule has 0 saturated carbocycles. The van der Waals surface area contributed by atoms with Gasteiger partial charge in [0.1, 0.15) is 0 Å². The van der Waals surface area contributed by atoms with E-state index in [0.717, 1.165) is 23.3 Å². The van der Waals surface area contributed by atoms with Crippen molar-refractivity contribution in [1.82, 2.24) is 0 Å². The molecule has 0 spiro atoms. The van der Waals surface area contributed by atoms with Crippen LogP contribution in [0.2, 0.25) is 5.02 Å². The second kappa shape index (κ2) is 9.69. The molecule has 22 heavy (non-hydrogen) atoms. The van der Waals surface area contributed by atoms with Gasteiger partial charge in [-0.25, -0.2) is 0 Å². The van der Waals surface area contributed by atoms with E-state index in [-0.39, 0.29) is 0 Å². The van der Waals surface area contributed by atoms with E-state index in [1.165, 1.54) is 23.1 Å². The van der Waals surface area contributed by atoms with Crippen LogP contribution in [0.4, 0.5) is 0 Å². The third-order valence-electron chi connectivity index (χ3n) is 3.32. The van der Waals surface area contributed by atoms with E-state index in [9.17, 15) is 0 Å². The van der Waals surface area contributed by atoms with E-state index >= 15 is 0 Å². The summed E-state index contributed by atoms with van der Waals surface area (Å²) in [4.78, 5) is 0. The van der Waals surface area contributed by atoms with E-state index < -0.39 is 0 Å². The molecule has 2 aromatic rings. The van der Waals surface area contributed by atoms with Crippen LogP contribution in [0.5, 0.6) is 0 Å². The fourth-order valence-corrected chi connectivity index (χ4v) is 2.41. The lowest BCUT2D eigenvalue weighted by Crippen LogP contribution is -1.93. The van der Waals surface area contributed by atoms with Gasteiger partial charge in [0.2, 0.25) is 0 Å². The number of benzene rings is 2. The van der Waals surface area contributed by atoms with Gasteiger partial charge in [-0.1, -0.05) is 81.3 Å². The molecular formula is C21H29Cl. The number of halogens is 1. The monoisotopic (exact) mass is 316 g/mol. The maximum Gasteiger partial charge on any atom is 0.0406 e. The molecule has 0 fully saturated rings. The number of aryl methyl sites for hydroxylation is 1. The summed E-state index contributed by atoms with van der Waals surface area (Å²) in [5, 5.41) is 0.817. The van der Waals surface area contributed by atoms with Crippen LogP contribution < -0.4 is 0 Å². The zero-order valence-electron chi connectivity index (χ0n) is 14.6. The third kappa shape index (κ3) is 8.24. The Kier molecular flexibility index (Phi) is 8.27. The standard InChI is InChI=1S/C11H16.C10H13Cl/c1-9(2)8-11-6-4-10(3)5-7-11;1-8(2)7-9-3-5-10(11)6-4-9/h4-7,9H,8H2,1-3H3;3-6,8H,7H2,1-2H3. The molecule has 0 bridgehead atoms. The predicted molar refractivity (Wildman–Crippen MR) is 99.7 cm³/mol. The van der Waals surface area contributed by atoms with E-state index in [1.807, 2.05) is 12.1 Å². The summed E-state index contributed by atoms with van der Waals surface area (Å²) in [5.74, 6) is 1.48. The van der Waals surface area contributed by atoms with Crippen LogP contribution in [0.15, 0.2) is 48.5 Å². The molecule has 0 aliphatic carbocycles. The largest absolute Gasteiger partial charge is 0.0843 e. The van der Waals surface area contributed by atoms with Gasteiger partial charge in [0, 0.05) is 5.02 Å². The van der Waals surface area contributed by atoms with Crippen molar-refractivity contribution in [2.75, 3.05) is 0 Å². The molecule has 2 rings (SSSR count). The minimum absolute atomic E-state index is 0.719. The zero-order valence-corrected chi connectivity index (χ0v) is 15.3. The zero-order chi connectivity index (χ0) is 16.5. The smallest absolute Gasteiger partial charge is 0.0406 e. The Hall–Kier alpha value is -1.27. The van der Waals surface area contributed by atoms with Crippen molar-refractivity contribution in [3.63, 3.8) is 0 Å². The molecule has 0 atom stereocenters. The normalized spacial score (nSPS) is 10.5. The van der Waals surface area contributed by atoms with Crippen LogP contribution in [-0.2, 0) is 12.8 Å². The van der Waals surface area contributed by atoms with Gasteiger partial charge in [-0.15, -0.1) is 0 Å². The second-order valence-corrected chi connectivity index (χ2v) is 7.24. The van der Waals surface area contributed by atoms with Crippen molar-refractivity contribution < 1.29 is 0 Å². The minimum atomic E-state index is 0.719. The average Bonchev–Trinajstić information content (AvgIpc) is 2.44. The summed E-state index contributed by atoms with van der Waals surface area (Å²) in [6.45, 7) is 11.1. The number of rotatable bonds is 4. The van der Waals surface area contributed by atoms with Crippen LogP contribution >= 0.6 is 11.6 Å².